The van der Waals surface area contributed by atoms with Crippen molar-refractivity contribution in [1.29, 1.82) is 0 Å². The van der Waals surface area contributed by atoms with Crippen LogP contribution in [0, 0.1) is 5.82 Å². The Hall–Kier alpha value is -2.07. The highest BCUT2D eigenvalue weighted by Crippen LogP contribution is 2.25. The normalized spacial score (nSPS) is 16.1. The van der Waals surface area contributed by atoms with Crippen molar-refractivity contribution in [3.05, 3.63) is 59.9 Å². The number of piperazine rings is 1. The number of hydrogen-bond donors (Lipinski definition) is 1. The molecule has 3 rings (SSSR count). The quantitative estimate of drug-likeness (QED) is 0.880. The van der Waals surface area contributed by atoms with Crippen LogP contribution in [-0.2, 0) is 6.54 Å². The van der Waals surface area contributed by atoms with Crippen LogP contribution in [0.5, 0.6) is 0 Å². The van der Waals surface area contributed by atoms with Gasteiger partial charge in [0.15, 0.2) is 0 Å². The molecular formula is C17H20FN3. The molecular weight excluding hydrogens is 265 g/mol. The van der Waals surface area contributed by atoms with E-state index in [0.717, 1.165) is 38.4 Å². The maximum absolute atomic E-state index is 13.1. The summed E-state index contributed by atoms with van der Waals surface area (Å²) in [6.45, 7) is 4.80. The van der Waals surface area contributed by atoms with Gasteiger partial charge < -0.3 is 10.6 Å². The zero-order chi connectivity index (χ0) is 14.7. The molecule has 1 heterocycles. The van der Waals surface area contributed by atoms with E-state index < -0.39 is 0 Å². The van der Waals surface area contributed by atoms with E-state index in [1.807, 2.05) is 6.07 Å². The molecule has 110 valence electrons. The Balaban J connectivity index is 1.60. The van der Waals surface area contributed by atoms with Crippen LogP contribution in [0.25, 0.3) is 0 Å². The molecule has 4 heteroatoms. The average molecular weight is 285 g/mol. The molecule has 0 saturated carbocycles. The number of nitrogens with two attached hydrogens (primary N) is 1. The van der Waals surface area contributed by atoms with Gasteiger partial charge in [-0.1, -0.05) is 30.3 Å². The molecule has 1 aliphatic heterocycles. The zero-order valence-electron chi connectivity index (χ0n) is 12.0. The summed E-state index contributed by atoms with van der Waals surface area (Å²) >= 11 is 0. The van der Waals surface area contributed by atoms with Gasteiger partial charge in [-0.05, 0) is 23.8 Å². The van der Waals surface area contributed by atoms with Crippen LogP contribution < -0.4 is 10.6 Å². The molecule has 0 unspecified atom stereocenters. The highest BCUT2D eigenvalue weighted by atomic mass is 19.1. The van der Waals surface area contributed by atoms with E-state index in [2.05, 4.69) is 34.1 Å². The Morgan fingerprint density at radius 3 is 2.33 bits per heavy atom. The highest BCUT2D eigenvalue weighted by Gasteiger charge is 2.18. The first-order chi connectivity index (χ1) is 10.2. The second-order valence-corrected chi connectivity index (χ2v) is 5.45. The average Bonchev–Trinajstić information content (AvgIpc) is 2.49. The van der Waals surface area contributed by atoms with Crippen LogP contribution in [0.1, 0.15) is 5.56 Å². The zero-order valence-corrected chi connectivity index (χ0v) is 12.0. The first kappa shape index (κ1) is 13.9. The van der Waals surface area contributed by atoms with Crippen LogP contribution in [0.15, 0.2) is 48.5 Å². The van der Waals surface area contributed by atoms with Crippen molar-refractivity contribution in [2.75, 3.05) is 36.8 Å². The van der Waals surface area contributed by atoms with Gasteiger partial charge in [0.2, 0.25) is 0 Å². The number of rotatable bonds is 3. The number of halogens is 1. The lowest BCUT2D eigenvalue weighted by molar-refractivity contribution is 0.250. The van der Waals surface area contributed by atoms with Gasteiger partial charge in [0.1, 0.15) is 5.82 Å². The summed E-state index contributed by atoms with van der Waals surface area (Å²) in [6.07, 6.45) is 0. The molecule has 2 aromatic rings. The third-order valence-corrected chi connectivity index (χ3v) is 3.95. The van der Waals surface area contributed by atoms with E-state index in [0.29, 0.717) is 5.69 Å². The first-order valence-corrected chi connectivity index (χ1v) is 7.28. The van der Waals surface area contributed by atoms with Crippen LogP contribution >= 0.6 is 0 Å². The topological polar surface area (TPSA) is 32.5 Å². The summed E-state index contributed by atoms with van der Waals surface area (Å²) in [6, 6.07) is 15.1. The molecule has 1 saturated heterocycles. The summed E-state index contributed by atoms with van der Waals surface area (Å²) in [5.41, 5.74) is 8.72. The molecule has 2 N–H and O–H groups in total. The van der Waals surface area contributed by atoms with Crippen LogP contribution in [-0.4, -0.2) is 31.1 Å². The largest absolute Gasteiger partial charge is 0.397 e. The summed E-state index contributed by atoms with van der Waals surface area (Å²) in [5.74, 6) is -0.279. The predicted octanol–water partition coefficient (Wildman–Crippen LogP) is 2.73. The van der Waals surface area contributed by atoms with Crippen LogP contribution in [0.2, 0.25) is 0 Å². The summed E-state index contributed by atoms with van der Waals surface area (Å²) in [7, 11) is 0. The van der Waals surface area contributed by atoms with E-state index in [9.17, 15) is 4.39 Å². The van der Waals surface area contributed by atoms with Crippen LogP contribution in [0.3, 0.4) is 0 Å². The lowest BCUT2D eigenvalue weighted by atomic mass is 10.2. The summed E-state index contributed by atoms with van der Waals surface area (Å²) in [4.78, 5) is 4.67. The van der Waals surface area contributed by atoms with Crippen molar-refractivity contribution in [2.45, 2.75) is 6.54 Å². The number of nitrogens with zero attached hydrogens (tertiary/aromatic N) is 2. The molecule has 1 fully saturated rings. The minimum Gasteiger partial charge on any atom is -0.397 e. The van der Waals surface area contributed by atoms with Crippen molar-refractivity contribution in [3.8, 4) is 0 Å². The van der Waals surface area contributed by atoms with E-state index in [-0.39, 0.29) is 5.82 Å². The lowest BCUT2D eigenvalue weighted by Crippen LogP contribution is -2.46. The monoisotopic (exact) mass is 285 g/mol. The molecule has 1 aliphatic rings. The molecule has 0 amide bonds. The standard InChI is InChI=1S/C17H20FN3/c18-15-6-7-17(16(19)12-15)21-10-8-20(9-11-21)13-14-4-2-1-3-5-14/h1-7,12H,8-11,13,19H2. The fraction of sp³-hybridized carbons (Fsp3) is 0.294. The maximum Gasteiger partial charge on any atom is 0.125 e. The molecule has 0 aliphatic carbocycles. The van der Waals surface area contributed by atoms with Crippen molar-refractivity contribution in [3.63, 3.8) is 0 Å². The van der Waals surface area contributed by atoms with Gasteiger partial charge in [-0.2, -0.15) is 0 Å². The van der Waals surface area contributed by atoms with E-state index in [1.165, 1.54) is 17.7 Å². The Kier molecular flexibility index (Phi) is 4.06. The lowest BCUT2D eigenvalue weighted by Gasteiger charge is -2.36. The SMILES string of the molecule is Nc1cc(F)ccc1N1CCN(Cc2ccccc2)CC1. The summed E-state index contributed by atoms with van der Waals surface area (Å²) < 4.78 is 13.1. The number of hydrogen-bond acceptors (Lipinski definition) is 3. The highest BCUT2D eigenvalue weighted by molar-refractivity contribution is 5.67. The smallest absolute Gasteiger partial charge is 0.125 e. The van der Waals surface area contributed by atoms with Gasteiger partial charge in [0, 0.05) is 32.7 Å². The summed E-state index contributed by atoms with van der Waals surface area (Å²) in [5, 5.41) is 0. The number of nitrogen functional groups attached to an aromatic ring is 1. The maximum atomic E-state index is 13.1. The molecule has 21 heavy (non-hydrogen) atoms. The van der Waals surface area contributed by atoms with E-state index in [1.54, 1.807) is 6.07 Å². The second kappa shape index (κ2) is 6.14. The fourth-order valence-corrected chi connectivity index (χ4v) is 2.80. The van der Waals surface area contributed by atoms with Crippen molar-refractivity contribution in [2.24, 2.45) is 0 Å². The van der Waals surface area contributed by atoms with Gasteiger partial charge in [-0.15, -0.1) is 0 Å². The fourth-order valence-electron chi connectivity index (χ4n) is 2.80. The Bertz CT molecular complexity index is 592. The molecule has 0 radical (unpaired) electrons. The third kappa shape index (κ3) is 3.34. The first-order valence-electron chi connectivity index (χ1n) is 7.28. The van der Waals surface area contributed by atoms with Crippen molar-refractivity contribution in [1.82, 2.24) is 4.90 Å². The minimum atomic E-state index is -0.279. The van der Waals surface area contributed by atoms with Gasteiger partial charge in [-0.25, -0.2) is 4.39 Å². The second-order valence-electron chi connectivity index (χ2n) is 5.45. The molecule has 3 nitrogen and oxygen atoms in total. The van der Waals surface area contributed by atoms with Gasteiger partial charge in [-0.3, -0.25) is 4.90 Å². The van der Waals surface area contributed by atoms with Gasteiger partial charge in [0.25, 0.3) is 0 Å². The predicted molar refractivity (Wildman–Crippen MR) is 84.7 cm³/mol. The molecule has 2 aromatic carbocycles. The number of benzene rings is 2. The van der Waals surface area contributed by atoms with Crippen molar-refractivity contribution >= 4 is 11.4 Å². The Morgan fingerprint density at radius 1 is 0.952 bits per heavy atom. The molecule has 0 bridgehead atoms. The van der Waals surface area contributed by atoms with Crippen LogP contribution in [0.4, 0.5) is 15.8 Å². The van der Waals surface area contributed by atoms with Gasteiger partial charge in [0.05, 0.1) is 11.4 Å². The minimum absolute atomic E-state index is 0.279. The molecule has 0 aromatic heterocycles. The van der Waals surface area contributed by atoms with Crippen molar-refractivity contribution < 1.29 is 4.39 Å². The number of anilines is 2. The third-order valence-electron chi connectivity index (χ3n) is 3.95. The van der Waals surface area contributed by atoms with E-state index in [4.69, 9.17) is 5.73 Å². The van der Waals surface area contributed by atoms with Gasteiger partial charge >= 0.3 is 0 Å². The van der Waals surface area contributed by atoms with E-state index >= 15 is 0 Å². The Labute approximate surface area is 124 Å². The molecule has 0 atom stereocenters. The Morgan fingerprint density at radius 2 is 1.67 bits per heavy atom. The molecule has 0 spiro atoms.